The van der Waals surface area contributed by atoms with E-state index in [-0.39, 0.29) is 29.2 Å². The van der Waals surface area contributed by atoms with Gasteiger partial charge in [0.2, 0.25) is 0 Å². The van der Waals surface area contributed by atoms with Crippen LogP contribution in [0.4, 0.5) is 0 Å². The molecule has 1 fully saturated rings. The van der Waals surface area contributed by atoms with Crippen molar-refractivity contribution >= 4 is 29.1 Å². The maximum Gasteiger partial charge on any atom is 0.295 e. The number of hydrogen-bond donors (Lipinski definition) is 1. The maximum atomic E-state index is 13.5. The van der Waals surface area contributed by atoms with Gasteiger partial charge in [0.1, 0.15) is 17.3 Å². The van der Waals surface area contributed by atoms with Crippen molar-refractivity contribution in [2.75, 3.05) is 14.2 Å². The first-order valence-electron chi connectivity index (χ1n) is 12.0. The predicted octanol–water partition coefficient (Wildman–Crippen LogP) is 6.41. The fourth-order valence-corrected chi connectivity index (χ4v) is 5.08. The number of rotatable bonds is 7. The quantitative estimate of drug-likeness (QED) is 0.222. The van der Waals surface area contributed by atoms with E-state index in [9.17, 15) is 14.7 Å². The van der Waals surface area contributed by atoms with E-state index in [0.29, 0.717) is 22.3 Å². The Morgan fingerprint density at radius 1 is 1.03 bits per heavy atom. The number of nitrogens with zero attached hydrogens (tertiary/aromatic N) is 1. The van der Waals surface area contributed by atoms with Crippen LogP contribution in [0, 0.1) is 6.92 Å². The highest BCUT2D eigenvalue weighted by molar-refractivity contribution is 6.46. The number of aliphatic hydroxyl groups is 1. The third kappa shape index (κ3) is 4.94. The first-order valence-corrected chi connectivity index (χ1v) is 12.4. The molecule has 3 aromatic carbocycles. The van der Waals surface area contributed by atoms with Crippen LogP contribution in [0.15, 0.2) is 66.2 Å². The number of Topliss-reactive ketones (excluding diaryl/α,β-unsaturated/α-hetero) is 1. The molecule has 0 bridgehead atoms. The highest BCUT2D eigenvalue weighted by atomic mass is 35.5. The molecule has 0 saturated carbocycles. The molecule has 1 aliphatic rings. The van der Waals surface area contributed by atoms with E-state index >= 15 is 0 Å². The number of benzene rings is 3. The second-order valence-electron chi connectivity index (χ2n) is 9.39. The van der Waals surface area contributed by atoms with Gasteiger partial charge in [0.25, 0.3) is 11.7 Å². The van der Waals surface area contributed by atoms with Crippen LogP contribution >= 0.6 is 11.6 Å². The van der Waals surface area contributed by atoms with Crippen molar-refractivity contribution in [1.82, 2.24) is 4.90 Å². The lowest BCUT2D eigenvalue weighted by Crippen LogP contribution is -2.29. The first kappa shape index (κ1) is 26.3. The van der Waals surface area contributed by atoms with E-state index in [1.165, 1.54) is 12.0 Å². The average Bonchev–Trinajstić information content (AvgIpc) is 3.13. The lowest BCUT2D eigenvalue weighted by atomic mass is 9.92. The standard InChI is InChI=1S/C30H30ClNO5/c1-17(2)19-10-12-20(13-11-19)26-25(27(33)22-14-18(3)15-23(31)29(22)37-5)28(34)30(35)32(26)16-21-8-6-7-9-24(21)36-4/h6-15,17,26,33H,16H2,1-5H3/b27-25+. The lowest BCUT2D eigenvalue weighted by molar-refractivity contribution is -0.140. The minimum Gasteiger partial charge on any atom is -0.507 e. The normalized spacial score (nSPS) is 16.9. The molecule has 1 atom stereocenters. The first-order chi connectivity index (χ1) is 17.7. The number of hydrogen-bond acceptors (Lipinski definition) is 5. The molecule has 0 aliphatic carbocycles. The number of ether oxygens (including phenoxy) is 2. The van der Waals surface area contributed by atoms with E-state index in [1.807, 2.05) is 49.4 Å². The number of amides is 1. The van der Waals surface area contributed by atoms with E-state index < -0.39 is 17.7 Å². The monoisotopic (exact) mass is 519 g/mol. The molecule has 4 rings (SSSR count). The largest absolute Gasteiger partial charge is 0.507 e. The molecule has 0 spiro atoms. The number of para-hydroxylation sites is 1. The molecule has 1 heterocycles. The van der Waals surface area contributed by atoms with Gasteiger partial charge < -0.3 is 19.5 Å². The number of aryl methyl sites for hydroxylation is 1. The van der Waals surface area contributed by atoms with Crippen LogP contribution in [0.5, 0.6) is 11.5 Å². The Bertz CT molecular complexity index is 1380. The highest BCUT2D eigenvalue weighted by Crippen LogP contribution is 2.44. The number of aliphatic hydroxyl groups excluding tert-OH is 1. The summed E-state index contributed by atoms with van der Waals surface area (Å²) in [4.78, 5) is 28.4. The number of methoxy groups -OCH3 is 2. The summed E-state index contributed by atoms with van der Waals surface area (Å²) in [7, 11) is 3.00. The maximum absolute atomic E-state index is 13.5. The fraction of sp³-hybridized carbons (Fsp3) is 0.267. The molecule has 1 amide bonds. The minimum atomic E-state index is -0.824. The SMILES string of the molecule is COc1ccccc1CN1C(=O)C(=O)/C(=C(/O)c2cc(C)cc(Cl)c2OC)C1c1ccc(C(C)C)cc1. The van der Waals surface area contributed by atoms with Crippen LogP contribution in [0.2, 0.25) is 5.02 Å². The summed E-state index contributed by atoms with van der Waals surface area (Å²) in [5, 5.41) is 11.8. The zero-order valence-electron chi connectivity index (χ0n) is 21.5. The lowest BCUT2D eigenvalue weighted by Gasteiger charge is -2.26. The third-order valence-corrected chi connectivity index (χ3v) is 6.92. The van der Waals surface area contributed by atoms with Gasteiger partial charge in [-0.05, 0) is 47.7 Å². The van der Waals surface area contributed by atoms with Crippen molar-refractivity contribution < 1.29 is 24.2 Å². The molecule has 1 saturated heterocycles. The molecular weight excluding hydrogens is 490 g/mol. The molecule has 192 valence electrons. The van der Waals surface area contributed by atoms with Gasteiger partial charge in [0, 0.05) is 5.56 Å². The van der Waals surface area contributed by atoms with Gasteiger partial charge in [-0.15, -0.1) is 0 Å². The molecule has 0 aromatic heterocycles. The molecule has 6 nitrogen and oxygen atoms in total. The molecule has 3 aromatic rings. The van der Waals surface area contributed by atoms with Crippen molar-refractivity contribution in [2.45, 2.75) is 39.3 Å². The van der Waals surface area contributed by atoms with Crippen molar-refractivity contribution in [3.05, 3.63) is 99.1 Å². The summed E-state index contributed by atoms with van der Waals surface area (Å²) in [5.74, 6) is -0.665. The number of likely N-dealkylation sites (tertiary alicyclic amines) is 1. The Labute approximate surface area is 222 Å². The Kier molecular flexibility index (Phi) is 7.60. The summed E-state index contributed by atoms with van der Waals surface area (Å²) in [6, 6.07) is 17.7. The number of ketones is 1. The number of carbonyl (C=O) groups is 2. The van der Waals surface area contributed by atoms with Crippen LogP contribution in [0.1, 0.15) is 53.6 Å². The van der Waals surface area contributed by atoms with Crippen molar-refractivity contribution in [3.63, 3.8) is 0 Å². The molecule has 0 radical (unpaired) electrons. The molecule has 1 aliphatic heterocycles. The second kappa shape index (κ2) is 10.7. The predicted molar refractivity (Wildman–Crippen MR) is 144 cm³/mol. The Balaban J connectivity index is 1.93. The van der Waals surface area contributed by atoms with Crippen molar-refractivity contribution in [1.29, 1.82) is 0 Å². The van der Waals surface area contributed by atoms with Crippen LogP contribution in [-0.2, 0) is 16.1 Å². The van der Waals surface area contributed by atoms with Crippen LogP contribution in [0.3, 0.4) is 0 Å². The average molecular weight is 520 g/mol. The van der Waals surface area contributed by atoms with Crippen LogP contribution in [0.25, 0.3) is 5.76 Å². The van der Waals surface area contributed by atoms with E-state index in [4.69, 9.17) is 21.1 Å². The van der Waals surface area contributed by atoms with Gasteiger partial charge in [-0.25, -0.2) is 0 Å². The Morgan fingerprint density at radius 3 is 2.32 bits per heavy atom. The number of carbonyl (C=O) groups excluding carboxylic acids is 2. The topological polar surface area (TPSA) is 76.1 Å². The molecular formula is C30H30ClNO5. The summed E-state index contributed by atoms with van der Waals surface area (Å²) < 4.78 is 10.9. The molecule has 1 N–H and O–H groups in total. The van der Waals surface area contributed by atoms with Gasteiger partial charge in [0.15, 0.2) is 0 Å². The van der Waals surface area contributed by atoms with Gasteiger partial charge in [0.05, 0.1) is 43.0 Å². The molecule has 1 unspecified atom stereocenters. The summed E-state index contributed by atoms with van der Waals surface area (Å²) in [6.45, 7) is 6.13. The Morgan fingerprint density at radius 2 is 1.70 bits per heavy atom. The van der Waals surface area contributed by atoms with Crippen molar-refractivity contribution in [2.24, 2.45) is 0 Å². The zero-order chi connectivity index (χ0) is 26.9. The summed E-state index contributed by atoms with van der Waals surface area (Å²) in [5.41, 5.74) is 3.58. The van der Waals surface area contributed by atoms with E-state index in [2.05, 4.69) is 13.8 Å². The zero-order valence-corrected chi connectivity index (χ0v) is 22.3. The van der Waals surface area contributed by atoms with E-state index in [0.717, 1.165) is 16.7 Å². The fourth-order valence-electron chi connectivity index (χ4n) is 4.73. The van der Waals surface area contributed by atoms with Gasteiger partial charge in [-0.2, -0.15) is 0 Å². The smallest absolute Gasteiger partial charge is 0.295 e. The molecule has 7 heteroatoms. The second-order valence-corrected chi connectivity index (χ2v) is 9.79. The van der Waals surface area contributed by atoms with Gasteiger partial charge in [-0.3, -0.25) is 9.59 Å². The Hall–Kier alpha value is -3.77. The van der Waals surface area contributed by atoms with Crippen LogP contribution < -0.4 is 9.47 Å². The van der Waals surface area contributed by atoms with Crippen molar-refractivity contribution in [3.8, 4) is 11.5 Å². The summed E-state index contributed by atoms with van der Waals surface area (Å²) in [6.07, 6.45) is 0. The molecule has 37 heavy (non-hydrogen) atoms. The third-order valence-electron chi connectivity index (χ3n) is 6.64. The van der Waals surface area contributed by atoms with Crippen LogP contribution in [-0.4, -0.2) is 35.9 Å². The van der Waals surface area contributed by atoms with E-state index in [1.54, 1.807) is 25.3 Å². The van der Waals surface area contributed by atoms with Gasteiger partial charge >= 0.3 is 0 Å². The van der Waals surface area contributed by atoms with Gasteiger partial charge in [-0.1, -0.05) is 67.9 Å². The minimum absolute atomic E-state index is 0.0165. The highest BCUT2D eigenvalue weighted by Gasteiger charge is 2.46. The summed E-state index contributed by atoms with van der Waals surface area (Å²) >= 11 is 6.39. The number of halogens is 1.